The van der Waals surface area contributed by atoms with Gasteiger partial charge in [0.1, 0.15) is 0 Å². The van der Waals surface area contributed by atoms with Crippen molar-refractivity contribution in [3.63, 3.8) is 0 Å². The fourth-order valence-corrected chi connectivity index (χ4v) is 2.07. The van der Waals surface area contributed by atoms with E-state index in [0.717, 1.165) is 25.3 Å². The number of aromatic nitrogens is 1. The van der Waals surface area contributed by atoms with E-state index in [9.17, 15) is 0 Å². The Labute approximate surface area is 95.0 Å². The predicted molar refractivity (Wildman–Crippen MR) is 61.4 cm³/mol. The minimum atomic E-state index is 0.287. The average Bonchev–Trinajstić information content (AvgIpc) is 2.29. The molecule has 0 N–H and O–H groups in total. The summed E-state index contributed by atoms with van der Waals surface area (Å²) in [4.78, 5) is 6.40. The Morgan fingerprint density at radius 1 is 1.67 bits per heavy atom. The maximum absolute atomic E-state index is 5.89. The Morgan fingerprint density at radius 3 is 3.27 bits per heavy atom. The number of hydrogen-bond acceptors (Lipinski definition) is 3. The minimum Gasteiger partial charge on any atom is -0.375 e. The van der Waals surface area contributed by atoms with E-state index in [4.69, 9.17) is 16.3 Å². The van der Waals surface area contributed by atoms with Gasteiger partial charge in [0.05, 0.1) is 18.6 Å². The Balaban J connectivity index is 2.20. The van der Waals surface area contributed by atoms with Crippen molar-refractivity contribution in [3.8, 4) is 0 Å². The summed E-state index contributed by atoms with van der Waals surface area (Å²) in [5.41, 5.74) is 2.28. The fraction of sp³-hybridized carbons (Fsp3) is 0.545. The zero-order valence-corrected chi connectivity index (χ0v) is 9.57. The topological polar surface area (TPSA) is 25.4 Å². The number of anilines is 1. The van der Waals surface area contributed by atoms with Crippen LogP contribution in [0.5, 0.6) is 0 Å². The molecule has 1 aromatic heterocycles. The van der Waals surface area contributed by atoms with Crippen LogP contribution in [0.3, 0.4) is 0 Å². The van der Waals surface area contributed by atoms with Crippen LogP contribution < -0.4 is 4.90 Å². The van der Waals surface area contributed by atoms with Gasteiger partial charge in [-0.15, -0.1) is 11.6 Å². The van der Waals surface area contributed by atoms with Crippen molar-refractivity contribution in [2.75, 3.05) is 24.6 Å². The van der Waals surface area contributed by atoms with Crippen LogP contribution in [0.1, 0.15) is 12.5 Å². The molecule has 1 fully saturated rings. The number of morpholine rings is 1. The van der Waals surface area contributed by atoms with Gasteiger partial charge in [-0.05, 0) is 13.0 Å². The third kappa shape index (κ3) is 2.41. The third-order valence-electron chi connectivity index (χ3n) is 2.60. The second-order valence-electron chi connectivity index (χ2n) is 3.77. The second kappa shape index (κ2) is 4.81. The van der Waals surface area contributed by atoms with Crippen LogP contribution in [0.15, 0.2) is 18.5 Å². The number of alkyl halides is 1. The maximum atomic E-state index is 5.89. The molecule has 0 amide bonds. The molecule has 1 saturated heterocycles. The second-order valence-corrected chi connectivity index (χ2v) is 4.03. The summed E-state index contributed by atoms with van der Waals surface area (Å²) in [6, 6.07) is 2.02. The van der Waals surface area contributed by atoms with Gasteiger partial charge in [0.2, 0.25) is 0 Å². The van der Waals surface area contributed by atoms with E-state index < -0.39 is 0 Å². The number of ether oxygens (including phenoxy) is 1. The fourth-order valence-electron chi connectivity index (χ4n) is 1.87. The highest BCUT2D eigenvalue weighted by Crippen LogP contribution is 2.22. The van der Waals surface area contributed by atoms with Crippen LogP contribution in [0.2, 0.25) is 0 Å². The van der Waals surface area contributed by atoms with Crippen LogP contribution in [-0.2, 0) is 10.6 Å². The van der Waals surface area contributed by atoms with E-state index in [1.54, 1.807) is 0 Å². The van der Waals surface area contributed by atoms with Crippen LogP contribution in [0.25, 0.3) is 0 Å². The summed E-state index contributed by atoms with van der Waals surface area (Å²) in [5.74, 6) is 0.509. The van der Waals surface area contributed by atoms with Crippen molar-refractivity contribution >= 4 is 17.3 Å². The molecule has 0 aliphatic carbocycles. The first-order valence-electron chi connectivity index (χ1n) is 5.16. The zero-order chi connectivity index (χ0) is 10.7. The Morgan fingerprint density at radius 2 is 2.53 bits per heavy atom. The summed E-state index contributed by atoms with van der Waals surface area (Å²) < 4.78 is 5.51. The van der Waals surface area contributed by atoms with Gasteiger partial charge in [0.15, 0.2) is 0 Å². The highest BCUT2D eigenvalue weighted by Gasteiger charge is 2.18. The van der Waals surface area contributed by atoms with Gasteiger partial charge in [-0.25, -0.2) is 0 Å². The van der Waals surface area contributed by atoms with Gasteiger partial charge < -0.3 is 9.64 Å². The largest absolute Gasteiger partial charge is 0.375 e. The lowest BCUT2D eigenvalue weighted by molar-refractivity contribution is 0.0532. The third-order valence-corrected chi connectivity index (χ3v) is 2.89. The maximum Gasteiger partial charge on any atom is 0.0722 e. The van der Waals surface area contributed by atoms with Crippen molar-refractivity contribution in [3.05, 3.63) is 24.0 Å². The number of hydrogen-bond donors (Lipinski definition) is 0. The molecule has 1 aliphatic heterocycles. The minimum absolute atomic E-state index is 0.287. The average molecular weight is 227 g/mol. The van der Waals surface area contributed by atoms with Crippen LogP contribution in [0.4, 0.5) is 5.69 Å². The van der Waals surface area contributed by atoms with Crippen molar-refractivity contribution in [1.82, 2.24) is 4.98 Å². The van der Waals surface area contributed by atoms with E-state index in [-0.39, 0.29) is 6.10 Å². The van der Waals surface area contributed by atoms with Gasteiger partial charge >= 0.3 is 0 Å². The monoisotopic (exact) mass is 226 g/mol. The number of rotatable bonds is 2. The van der Waals surface area contributed by atoms with Crippen LogP contribution in [-0.4, -0.2) is 30.8 Å². The molecule has 0 bridgehead atoms. The molecular formula is C11H15ClN2O. The van der Waals surface area contributed by atoms with Crippen LogP contribution in [0, 0.1) is 0 Å². The molecule has 3 nitrogen and oxygen atoms in total. The number of pyridine rings is 1. The molecule has 0 saturated carbocycles. The lowest BCUT2D eigenvalue weighted by atomic mass is 10.2. The quantitative estimate of drug-likeness (QED) is 0.722. The van der Waals surface area contributed by atoms with Crippen LogP contribution >= 0.6 is 11.6 Å². The summed E-state index contributed by atoms with van der Waals surface area (Å²) in [6.07, 6.45) is 3.93. The van der Waals surface area contributed by atoms with Gasteiger partial charge in [-0.2, -0.15) is 0 Å². The molecule has 0 radical (unpaired) electrons. The standard InChI is InChI=1S/C11H15ClN2O/c1-9-8-14(4-5-15-9)11-2-3-13-7-10(11)6-12/h2-3,7,9H,4-6,8H2,1H3. The molecule has 82 valence electrons. The van der Waals surface area contributed by atoms with Gasteiger partial charge in [-0.1, -0.05) is 0 Å². The highest BCUT2D eigenvalue weighted by atomic mass is 35.5. The molecule has 1 unspecified atom stereocenters. The molecule has 4 heteroatoms. The van der Waals surface area contributed by atoms with Gasteiger partial charge in [0.25, 0.3) is 0 Å². The summed E-state index contributed by atoms with van der Waals surface area (Å²) in [6.45, 7) is 4.73. The molecule has 1 aliphatic rings. The smallest absolute Gasteiger partial charge is 0.0722 e. The van der Waals surface area contributed by atoms with Crippen molar-refractivity contribution in [2.24, 2.45) is 0 Å². The zero-order valence-electron chi connectivity index (χ0n) is 8.82. The molecule has 0 spiro atoms. The van der Waals surface area contributed by atoms with E-state index in [1.165, 1.54) is 5.69 Å². The lowest BCUT2D eigenvalue weighted by Crippen LogP contribution is -2.41. The van der Waals surface area contributed by atoms with E-state index >= 15 is 0 Å². The van der Waals surface area contributed by atoms with Crippen molar-refractivity contribution in [2.45, 2.75) is 18.9 Å². The molecule has 0 aromatic carbocycles. The first kappa shape index (κ1) is 10.7. The summed E-state index contributed by atoms with van der Waals surface area (Å²) in [7, 11) is 0. The molecule has 2 rings (SSSR count). The van der Waals surface area contributed by atoms with E-state index in [2.05, 4.69) is 16.8 Å². The van der Waals surface area contributed by atoms with Gasteiger partial charge in [-0.3, -0.25) is 4.98 Å². The molecule has 1 aromatic rings. The number of nitrogens with zero attached hydrogens (tertiary/aromatic N) is 2. The number of halogens is 1. The Bertz CT molecular complexity index is 332. The molecule has 2 heterocycles. The van der Waals surface area contributed by atoms with Crippen molar-refractivity contribution < 1.29 is 4.74 Å². The van der Waals surface area contributed by atoms with Crippen molar-refractivity contribution in [1.29, 1.82) is 0 Å². The predicted octanol–water partition coefficient (Wildman–Crippen LogP) is 2.05. The first-order chi connectivity index (χ1) is 7.31. The molecular weight excluding hydrogens is 212 g/mol. The highest BCUT2D eigenvalue weighted by molar-refractivity contribution is 6.17. The molecule has 1 atom stereocenters. The lowest BCUT2D eigenvalue weighted by Gasteiger charge is -2.33. The Hall–Kier alpha value is -0.800. The Kier molecular flexibility index (Phi) is 3.44. The van der Waals surface area contributed by atoms with E-state index in [1.807, 2.05) is 18.5 Å². The SMILES string of the molecule is CC1CN(c2ccncc2CCl)CCO1. The summed E-state index contributed by atoms with van der Waals surface area (Å²) in [5, 5.41) is 0. The summed E-state index contributed by atoms with van der Waals surface area (Å²) >= 11 is 5.89. The van der Waals surface area contributed by atoms with Gasteiger partial charge in [0, 0.05) is 36.7 Å². The van der Waals surface area contributed by atoms with E-state index in [0.29, 0.717) is 5.88 Å². The molecule has 15 heavy (non-hydrogen) atoms. The first-order valence-corrected chi connectivity index (χ1v) is 5.70. The normalized spacial score (nSPS) is 21.7.